The number of likely N-dealkylation sites (tertiary alicyclic amines) is 1. The molecule has 6 nitrogen and oxygen atoms in total. The second-order valence-electron chi connectivity index (χ2n) is 8.10. The first-order valence-corrected chi connectivity index (χ1v) is 12.1. The van der Waals surface area contributed by atoms with Crippen molar-refractivity contribution in [3.63, 3.8) is 0 Å². The summed E-state index contributed by atoms with van der Waals surface area (Å²) in [4.78, 5) is 17.7. The second kappa shape index (κ2) is 8.88. The third-order valence-electron chi connectivity index (χ3n) is 6.06. The molecule has 7 heteroatoms. The standard InChI is InChI=1S/C23H29N3O3S/c1-19-9-11-21(12-10-19)30(28,29)26-17-15-24(16-18-26)22(20-7-3-2-4-8-20)23(27)25-13-5-6-14-25/h2-4,7-12,22H,5-6,13-18H2,1H3/t22-/m0/s1. The van der Waals surface area contributed by atoms with Gasteiger partial charge in [0.05, 0.1) is 4.90 Å². The maximum Gasteiger partial charge on any atom is 0.244 e. The lowest BCUT2D eigenvalue weighted by Crippen LogP contribution is -2.52. The third kappa shape index (κ3) is 4.29. The van der Waals surface area contributed by atoms with E-state index in [-0.39, 0.29) is 11.9 Å². The molecule has 0 radical (unpaired) electrons. The molecule has 4 rings (SSSR count). The minimum absolute atomic E-state index is 0.133. The summed E-state index contributed by atoms with van der Waals surface area (Å²) >= 11 is 0. The number of benzene rings is 2. The lowest BCUT2D eigenvalue weighted by molar-refractivity contribution is -0.136. The van der Waals surface area contributed by atoms with E-state index in [9.17, 15) is 13.2 Å². The monoisotopic (exact) mass is 427 g/mol. The molecule has 0 aromatic heterocycles. The smallest absolute Gasteiger partial charge is 0.244 e. The van der Waals surface area contributed by atoms with Gasteiger partial charge in [0.25, 0.3) is 0 Å². The average molecular weight is 428 g/mol. The van der Waals surface area contributed by atoms with E-state index in [1.165, 1.54) is 4.31 Å². The number of amides is 1. The average Bonchev–Trinajstić information content (AvgIpc) is 3.30. The van der Waals surface area contributed by atoms with E-state index in [0.29, 0.717) is 31.1 Å². The number of hydrogen-bond donors (Lipinski definition) is 0. The molecule has 30 heavy (non-hydrogen) atoms. The van der Waals surface area contributed by atoms with E-state index in [1.807, 2.05) is 54.3 Å². The molecule has 0 bridgehead atoms. The zero-order valence-electron chi connectivity index (χ0n) is 17.4. The van der Waals surface area contributed by atoms with E-state index in [2.05, 4.69) is 4.90 Å². The fourth-order valence-electron chi connectivity index (χ4n) is 4.32. The van der Waals surface area contributed by atoms with Gasteiger partial charge in [0.15, 0.2) is 0 Å². The summed E-state index contributed by atoms with van der Waals surface area (Å²) in [6.07, 6.45) is 2.10. The van der Waals surface area contributed by atoms with Crippen LogP contribution in [0.4, 0.5) is 0 Å². The number of rotatable bonds is 5. The van der Waals surface area contributed by atoms with Crippen molar-refractivity contribution in [1.82, 2.24) is 14.1 Å². The van der Waals surface area contributed by atoms with Gasteiger partial charge in [-0.3, -0.25) is 9.69 Å². The third-order valence-corrected chi connectivity index (χ3v) is 7.98. The van der Waals surface area contributed by atoms with E-state index < -0.39 is 10.0 Å². The van der Waals surface area contributed by atoms with E-state index in [1.54, 1.807) is 12.1 Å². The zero-order chi connectivity index (χ0) is 21.1. The van der Waals surface area contributed by atoms with Crippen LogP contribution < -0.4 is 0 Å². The number of carbonyl (C=O) groups is 1. The SMILES string of the molecule is Cc1ccc(S(=O)(=O)N2CCN([C@H](C(=O)N3CCCC3)c3ccccc3)CC2)cc1. The van der Waals surface area contributed by atoms with Crippen LogP contribution >= 0.6 is 0 Å². The van der Waals surface area contributed by atoms with Gasteiger partial charge in [0.2, 0.25) is 15.9 Å². The maximum atomic E-state index is 13.3. The van der Waals surface area contributed by atoms with Crippen LogP contribution in [0.2, 0.25) is 0 Å². The largest absolute Gasteiger partial charge is 0.341 e. The van der Waals surface area contributed by atoms with E-state index in [4.69, 9.17) is 0 Å². The minimum Gasteiger partial charge on any atom is -0.341 e. The highest BCUT2D eigenvalue weighted by Crippen LogP contribution is 2.28. The van der Waals surface area contributed by atoms with Gasteiger partial charge in [-0.15, -0.1) is 0 Å². The summed E-state index contributed by atoms with van der Waals surface area (Å²) in [7, 11) is -3.52. The normalized spacial score (nSPS) is 19.7. The lowest BCUT2D eigenvalue weighted by Gasteiger charge is -2.39. The highest BCUT2D eigenvalue weighted by atomic mass is 32.2. The van der Waals surface area contributed by atoms with Gasteiger partial charge >= 0.3 is 0 Å². The first-order valence-electron chi connectivity index (χ1n) is 10.6. The van der Waals surface area contributed by atoms with Crippen LogP contribution in [-0.4, -0.2) is 67.7 Å². The Bertz CT molecular complexity index is 963. The minimum atomic E-state index is -3.52. The summed E-state index contributed by atoms with van der Waals surface area (Å²) < 4.78 is 27.6. The summed E-state index contributed by atoms with van der Waals surface area (Å²) in [5, 5.41) is 0. The van der Waals surface area contributed by atoms with Crippen molar-refractivity contribution in [3.8, 4) is 0 Å². The van der Waals surface area contributed by atoms with Crippen molar-refractivity contribution in [3.05, 3.63) is 65.7 Å². The number of piperazine rings is 1. The Morgan fingerprint density at radius 1 is 0.833 bits per heavy atom. The molecule has 0 aliphatic carbocycles. The van der Waals surface area contributed by atoms with Gasteiger partial charge in [0.1, 0.15) is 6.04 Å². The molecule has 0 spiro atoms. The van der Waals surface area contributed by atoms with Crippen molar-refractivity contribution < 1.29 is 13.2 Å². The molecule has 2 aromatic carbocycles. The van der Waals surface area contributed by atoms with Crippen LogP contribution in [0.15, 0.2) is 59.5 Å². The molecule has 2 fully saturated rings. The molecule has 2 saturated heterocycles. The van der Waals surface area contributed by atoms with Crippen LogP contribution in [-0.2, 0) is 14.8 Å². The molecular weight excluding hydrogens is 398 g/mol. The second-order valence-corrected chi connectivity index (χ2v) is 10.0. The topological polar surface area (TPSA) is 60.9 Å². The summed E-state index contributed by atoms with van der Waals surface area (Å²) in [6, 6.07) is 16.5. The molecule has 2 aromatic rings. The van der Waals surface area contributed by atoms with Crippen LogP contribution in [0.25, 0.3) is 0 Å². The van der Waals surface area contributed by atoms with Crippen molar-refractivity contribution in [2.24, 2.45) is 0 Å². The van der Waals surface area contributed by atoms with Gasteiger partial charge < -0.3 is 4.90 Å². The Hall–Kier alpha value is -2.22. The Morgan fingerprint density at radius 3 is 2.03 bits per heavy atom. The number of carbonyl (C=O) groups excluding carboxylic acids is 1. The fourth-order valence-corrected chi connectivity index (χ4v) is 5.74. The van der Waals surface area contributed by atoms with Crippen molar-refractivity contribution in [2.75, 3.05) is 39.3 Å². The summed E-state index contributed by atoms with van der Waals surface area (Å²) in [5.74, 6) is 0.133. The van der Waals surface area contributed by atoms with Crippen molar-refractivity contribution in [2.45, 2.75) is 30.7 Å². The first kappa shape index (κ1) is 21.0. The van der Waals surface area contributed by atoms with Gasteiger partial charge in [-0.25, -0.2) is 8.42 Å². The predicted molar refractivity (Wildman–Crippen MR) is 117 cm³/mol. The zero-order valence-corrected chi connectivity index (χ0v) is 18.2. The number of aryl methyl sites for hydroxylation is 1. The van der Waals surface area contributed by atoms with Gasteiger partial charge in [-0.05, 0) is 37.5 Å². The van der Waals surface area contributed by atoms with Gasteiger partial charge in [0, 0.05) is 39.3 Å². The number of nitrogens with zero attached hydrogens (tertiary/aromatic N) is 3. The van der Waals surface area contributed by atoms with Crippen molar-refractivity contribution >= 4 is 15.9 Å². The molecule has 2 aliphatic heterocycles. The molecule has 1 amide bonds. The van der Waals surface area contributed by atoms with Gasteiger partial charge in [-0.1, -0.05) is 48.0 Å². The van der Waals surface area contributed by atoms with Crippen molar-refractivity contribution in [1.29, 1.82) is 0 Å². The predicted octanol–water partition coefficient (Wildman–Crippen LogP) is 2.67. The highest BCUT2D eigenvalue weighted by molar-refractivity contribution is 7.89. The van der Waals surface area contributed by atoms with Crippen LogP contribution in [0.3, 0.4) is 0 Å². The summed E-state index contributed by atoms with van der Waals surface area (Å²) in [6.45, 7) is 5.39. The molecule has 0 N–H and O–H groups in total. The Labute approximate surface area is 179 Å². The maximum absolute atomic E-state index is 13.3. The quantitative estimate of drug-likeness (QED) is 0.736. The fraction of sp³-hybridized carbons (Fsp3) is 0.435. The van der Waals surface area contributed by atoms with Gasteiger partial charge in [-0.2, -0.15) is 4.31 Å². The molecule has 2 heterocycles. The molecule has 160 valence electrons. The Balaban J connectivity index is 1.51. The van der Waals surface area contributed by atoms with Crippen LogP contribution in [0, 0.1) is 6.92 Å². The number of sulfonamides is 1. The molecule has 2 aliphatic rings. The molecular formula is C23H29N3O3S. The lowest BCUT2D eigenvalue weighted by atomic mass is 10.0. The van der Waals surface area contributed by atoms with Crippen LogP contribution in [0.5, 0.6) is 0 Å². The first-order chi connectivity index (χ1) is 14.5. The summed E-state index contributed by atoms with van der Waals surface area (Å²) in [5.41, 5.74) is 2.01. The molecule has 0 saturated carbocycles. The highest BCUT2D eigenvalue weighted by Gasteiger charge is 2.36. The molecule has 0 unspecified atom stereocenters. The van der Waals surface area contributed by atoms with Crippen LogP contribution in [0.1, 0.15) is 30.0 Å². The Kier molecular flexibility index (Phi) is 6.22. The Morgan fingerprint density at radius 2 is 1.43 bits per heavy atom. The number of hydrogen-bond acceptors (Lipinski definition) is 4. The molecule has 1 atom stereocenters. The van der Waals surface area contributed by atoms with E-state index in [0.717, 1.165) is 37.1 Å². The van der Waals surface area contributed by atoms with E-state index >= 15 is 0 Å².